The zero-order valence-electron chi connectivity index (χ0n) is 9.39. The highest BCUT2D eigenvalue weighted by Gasteiger charge is 2.10. The van der Waals surface area contributed by atoms with Gasteiger partial charge in [0.1, 0.15) is 0 Å². The molecule has 2 aromatic rings. The molecule has 0 amide bonds. The highest BCUT2D eigenvalue weighted by Crippen LogP contribution is 2.23. The van der Waals surface area contributed by atoms with Gasteiger partial charge in [-0.1, -0.05) is 6.07 Å². The summed E-state index contributed by atoms with van der Waals surface area (Å²) in [6.07, 6.45) is 2.33. The van der Waals surface area contributed by atoms with Gasteiger partial charge in [0.05, 0.1) is 12.6 Å². The number of aromatic nitrogens is 1. The zero-order chi connectivity index (χ0) is 12.3. The van der Waals surface area contributed by atoms with Gasteiger partial charge in [0.15, 0.2) is 11.6 Å². The Bertz CT molecular complexity index is 487. The molecular formula is C12H13FN2OS. The van der Waals surface area contributed by atoms with Gasteiger partial charge in [-0.2, -0.15) is 0 Å². The number of halogens is 1. The zero-order valence-corrected chi connectivity index (χ0v) is 10.2. The smallest absolute Gasteiger partial charge is 0.165 e. The summed E-state index contributed by atoms with van der Waals surface area (Å²) in [6.45, 7) is 0. The first-order valence-electron chi connectivity index (χ1n) is 5.17. The summed E-state index contributed by atoms with van der Waals surface area (Å²) in [7, 11) is 1.45. The number of nitrogens with zero attached hydrogens (tertiary/aromatic N) is 1. The van der Waals surface area contributed by atoms with E-state index in [1.807, 2.05) is 6.07 Å². The minimum atomic E-state index is -0.360. The molecule has 0 fully saturated rings. The molecule has 0 saturated carbocycles. The fourth-order valence-electron chi connectivity index (χ4n) is 1.60. The second kappa shape index (κ2) is 5.25. The van der Waals surface area contributed by atoms with Crippen molar-refractivity contribution >= 4 is 11.3 Å². The fourth-order valence-corrected chi connectivity index (χ4v) is 2.22. The summed E-state index contributed by atoms with van der Waals surface area (Å²) in [4.78, 5) is 4.98. The third-order valence-electron chi connectivity index (χ3n) is 2.49. The van der Waals surface area contributed by atoms with Crippen molar-refractivity contribution in [2.75, 3.05) is 7.11 Å². The lowest BCUT2D eigenvalue weighted by atomic mass is 10.1. The average molecular weight is 252 g/mol. The van der Waals surface area contributed by atoms with E-state index in [0.29, 0.717) is 6.42 Å². The molecule has 5 heteroatoms. The SMILES string of the molecule is COc1ccc(CC(N)c2cncs2)cc1F. The number of thiazole rings is 1. The molecule has 3 nitrogen and oxygen atoms in total. The molecule has 1 heterocycles. The Morgan fingerprint density at radius 3 is 2.94 bits per heavy atom. The van der Waals surface area contributed by atoms with E-state index in [-0.39, 0.29) is 17.6 Å². The second-order valence-corrected chi connectivity index (χ2v) is 4.60. The minimum absolute atomic E-state index is 0.143. The number of benzene rings is 1. The molecule has 0 radical (unpaired) electrons. The Morgan fingerprint density at radius 2 is 2.35 bits per heavy atom. The summed E-state index contributed by atoms with van der Waals surface area (Å²) in [5, 5.41) is 0. The molecule has 0 bridgehead atoms. The number of rotatable bonds is 4. The Kier molecular flexibility index (Phi) is 3.71. The van der Waals surface area contributed by atoms with E-state index in [1.54, 1.807) is 17.8 Å². The molecular weight excluding hydrogens is 239 g/mol. The fraction of sp³-hybridized carbons (Fsp3) is 0.250. The van der Waals surface area contributed by atoms with Gasteiger partial charge in [0.2, 0.25) is 0 Å². The summed E-state index contributed by atoms with van der Waals surface area (Å²) in [6, 6.07) is 4.75. The van der Waals surface area contributed by atoms with Gasteiger partial charge in [0.25, 0.3) is 0 Å². The Morgan fingerprint density at radius 1 is 1.53 bits per heavy atom. The van der Waals surface area contributed by atoms with Crippen molar-refractivity contribution in [1.82, 2.24) is 4.98 Å². The minimum Gasteiger partial charge on any atom is -0.494 e. The normalized spacial score (nSPS) is 12.4. The second-order valence-electron chi connectivity index (χ2n) is 3.68. The summed E-state index contributed by atoms with van der Waals surface area (Å²) >= 11 is 1.51. The molecule has 17 heavy (non-hydrogen) atoms. The molecule has 1 atom stereocenters. The number of hydrogen-bond acceptors (Lipinski definition) is 4. The van der Waals surface area contributed by atoms with Crippen molar-refractivity contribution in [2.45, 2.75) is 12.5 Å². The van der Waals surface area contributed by atoms with Crippen molar-refractivity contribution in [3.63, 3.8) is 0 Å². The molecule has 1 aromatic carbocycles. The first-order chi connectivity index (χ1) is 8.20. The van der Waals surface area contributed by atoms with E-state index in [1.165, 1.54) is 24.5 Å². The molecule has 2 N–H and O–H groups in total. The Hall–Kier alpha value is -1.46. The van der Waals surface area contributed by atoms with Crippen molar-refractivity contribution in [2.24, 2.45) is 5.73 Å². The molecule has 0 spiro atoms. The molecule has 90 valence electrons. The first kappa shape index (κ1) is 12.0. The van der Waals surface area contributed by atoms with Crippen LogP contribution in [0.2, 0.25) is 0 Å². The Balaban J connectivity index is 2.11. The predicted molar refractivity (Wildman–Crippen MR) is 65.7 cm³/mol. The van der Waals surface area contributed by atoms with Crippen LogP contribution in [0.15, 0.2) is 29.9 Å². The third-order valence-corrected chi connectivity index (χ3v) is 3.40. The standard InChI is InChI=1S/C12H13FN2OS/c1-16-11-3-2-8(4-9(11)13)5-10(14)12-6-15-7-17-12/h2-4,6-7,10H,5,14H2,1H3. The van der Waals surface area contributed by atoms with Crippen LogP contribution >= 0.6 is 11.3 Å². The van der Waals surface area contributed by atoms with Crippen LogP contribution in [0, 0.1) is 5.82 Å². The van der Waals surface area contributed by atoms with Crippen LogP contribution in [0.1, 0.15) is 16.5 Å². The van der Waals surface area contributed by atoms with E-state index >= 15 is 0 Å². The number of methoxy groups -OCH3 is 1. The molecule has 0 aliphatic heterocycles. The van der Waals surface area contributed by atoms with Gasteiger partial charge in [-0.05, 0) is 24.1 Å². The molecule has 0 saturated heterocycles. The number of hydrogen-bond donors (Lipinski definition) is 1. The lowest BCUT2D eigenvalue weighted by Crippen LogP contribution is -2.12. The Labute approximate surface area is 103 Å². The van der Waals surface area contributed by atoms with Crippen LogP contribution in [0.25, 0.3) is 0 Å². The van der Waals surface area contributed by atoms with Gasteiger partial charge in [-0.25, -0.2) is 4.39 Å². The van der Waals surface area contributed by atoms with E-state index < -0.39 is 0 Å². The lowest BCUT2D eigenvalue weighted by Gasteiger charge is -2.10. The largest absolute Gasteiger partial charge is 0.494 e. The van der Waals surface area contributed by atoms with E-state index in [4.69, 9.17) is 10.5 Å². The maximum atomic E-state index is 13.5. The number of nitrogens with two attached hydrogens (primary N) is 1. The highest BCUT2D eigenvalue weighted by atomic mass is 32.1. The van der Waals surface area contributed by atoms with Crippen LogP contribution < -0.4 is 10.5 Å². The summed E-state index contributed by atoms with van der Waals surface area (Å²) in [5.74, 6) is -0.110. The lowest BCUT2D eigenvalue weighted by molar-refractivity contribution is 0.386. The van der Waals surface area contributed by atoms with Gasteiger partial charge in [-0.15, -0.1) is 11.3 Å². The topological polar surface area (TPSA) is 48.1 Å². The molecule has 0 aliphatic rings. The van der Waals surface area contributed by atoms with Crippen molar-refractivity contribution in [3.05, 3.63) is 46.2 Å². The van der Waals surface area contributed by atoms with Crippen LogP contribution in [-0.4, -0.2) is 12.1 Å². The van der Waals surface area contributed by atoms with Gasteiger partial charge >= 0.3 is 0 Å². The maximum Gasteiger partial charge on any atom is 0.165 e. The highest BCUT2D eigenvalue weighted by molar-refractivity contribution is 7.09. The van der Waals surface area contributed by atoms with E-state index in [0.717, 1.165) is 10.4 Å². The van der Waals surface area contributed by atoms with Crippen molar-refractivity contribution in [3.8, 4) is 5.75 Å². The quantitative estimate of drug-likeness (QED) is 0.909. The predicted octanol–water partition coefficient (Wildman–Crippen LogP) is 2.53. The molecule has 2 rings (SSSR count). The van der Waals surface area contributed by atoms with Crippen LogP contribution in [-0.2, 0) is 6.42 Å². The molecule has 1 unspecified atom stereocenters. The average Bonchev–Trinajstić information content (AvgIpc) is 2.82. The van der Waals surface area contributed by atoms with Gasteiger partial charge < -0.3 is 10.5 Å². The molecule has 1 aromatic heterocycles. The van der Waals surface area contributed by atoms with E-state index in [2.05, 4.69) is 4.98 Å². The van der Waals surface area contributed by atoms with Gasteiger partial charge in [-0.3, -0.25) is 4.98 Å². The van der Waals surface area contributed by atoms with E-state index in [9.17, 15) is 4.39 Å². The summed E-state index contributed by atoms with van der Waals surface area (Å²) in [5.41, 5.74) is 8.60. The molecule has 0 aliphatic carbocycles. The van der Waals surface area contributed by atoms with Crippen molar-refractivity contribution in [1.29, 1.82) is 0 Å². The number of ether oxygens (including phenoxy) is 1. The van der Waals surface area contributed by atoms with Crippen LogP contribution in [0.5, 0.6) is 5.75 Å². The van der Waals surface area contributed by atoms with Crippen LogP contribution in [0.4, 0.5) is 4.39 Å². The van der Waals surface area contributed by atoms with Crippen LogP contribution in [0.3, 0.4) is 0 Å². The third kappa shape index (κ3) is 2.81. The summed E-state index contributed by atoms with van der Waals surface area (Å²) < 4.78 is 18.3. The maximum absolute atomic E-state index is 13.5. The monoisotopic (exact) mass is 252 g/mol. The van der Waals surface area contributed by atoms with Gasteiger partial charge in [0, 0.05) is 17.1 Å². The van der Waals surface area contributed by atoms with Crippen molar-refractivity contribution < 1.29 is 9.13 Å². The first-order valence-corrected chi connectivity index (χ1v) is 6.05.